The van der Waals surface area contributed by atoms with E-state index < -0.39 is 0 Å². The molecule has 12 heavy (non-hydrogen) atoms. The Hall–Kier alpha value is 0. The van der Waals surface area contributed by atoms with Gasteiger partial charge < -0.3 is 0 Å². The van der Waals surface area contributed by atoms with E-state index in [2.05, 4.69) is 20.8 Å². The van der Waals surface area contributed by atoms with E-state index in [0.29, 0.717) is 0 Å². The molecule has 2 fully saturated rings. The van der Waals surface area contributed by atoms with Crippen molar-refractivity contribution in [3.63, 3.8) is 0 Å². The summed E-state index contributed by atoms with van der Waals surface area (Å²) < 4.78 is 0. The molecule has 2 rings (SSSR count). The number of hydrogen-bond donors (Lipinski definition) is 0. The lowest BCUT2D eigenvalue weighted by Gasteiger charge is -2.14. The zero-order valence-electron chi connectivity index (χ0n) is 8.72. The molecule has 70 valence electrons. The molecular weight excluding hydrogens is 144 g/mol. The Kier molecular flexibility index (Phi) is 2.18. The fourth-order valence-corrected chi connectivity index (χ4v) is 2.72. The number of hydrogen-bond acceptors (Lipinski definition) is 0. The Morgan fingerprint density at radius 2 is 1.67 bits per heavy atom. The van der Waals surface area contributed by atoms with Crippen molar-refractivity contribution < 1.29 is 0 Å². The lowest BCUT2D eigenvalue weighted by molar-refractivity contribution is 0.370. The molecule has 3 atom stereocenters. The first kappa shape index (κ1) is 8.59. The van der Waals surface area contributed by atoms with Crippen LogP contribution in [-0.4, -0.2) is 0 Å². The Balaban J connectivity index is 1.62. The smallest absolute Gasteiger partial charge is 0.0352 e. The molecule has 2 aliphatic rings. The Morgan fingerprint density at radius 1 is 1.08 bits per heavy atom. The van der Waals surface area contributed by atoms with Gasteiger partial charge in [-0.05, 0) is 48.9 Å². The molecule has 0 heterocycles. The van der Waals surface area contributed by atoms with E-state index in [0.717, 1.165) is 11.8 Å². The van der Waals surface area contributed by atoms with Crippen molar-refractivity contribution in [2.75, 3.05) is 0 Å². The van der Waals surface area contributed by atoms with Gasteiger partial charge in [0, 0.05) is 0 Å². The summed E-state index contributed by atoms with van der Waals surface area (Å²) in [5, 5.41) is 0. The van der Waals surface area contributed by atoms with Crippen LogP contribution in [0.15, 0.2) is 0 Å². The average Bonchev–Trinajstić information content (AvgIpc) is 2.46. The van der Waals surface area contributed by atoms with Crippen LogP contribution in [0.2, 0.25) is 0 Å². The highest BCUT2D eigenvalue weighted by Gasteiger charge is 2.55. The summed E-state index contributed by atoms with van der Waals surface area (Å²) in [5.74, 6) is 5.41. The first-order chi connectivity index (χ1) is 5.70. The molecule has 0 saturated heterocycles. The van der Waals surface area contributed by atoms with Crippen molar-refractivity contribution in [3.05, 3.63) is 0 Å². The number of fused-ring (bicyclic) bond motifs is 1. The summed E-state index contributed by atoms with van der Waals surface area (Å²) in [5.41, 5.74) is 0. The predicted octanol–water partition coefficient (Wildman–Crippen LogP) is 3.71. The minimum absolute atomic E-state index is 0.890. The van der Waals surface area contributed by atoms with Gasteiger partial charge in [-0.2, -0.15) is 0 Å². The minimum atomic E-state index is 0.890. The average molecular weight is 166 g/mol. The molecule has 0 bridgehead atoms. The molecule has 2 saturated carbocycles. The van der Waals surface area contributed by atoms with Crippen LogP contribution < -0.4 is 0 Å². The van der Waals surface area contributed by atoms with Crippen LogP contribution in [0.3, 0.4) is 0 Å². The highest BCUT2D eigenvalue weighted by Crippen LogP contribution is 2.63. The van der Waals surface area contributed by atoms with Gasteiger partial charge in [0.1, 0.15) is 0 Å². The van der Waals surface area contributed by atoms with E-state index in [1.54, 1.807) is 12.8 Å². The second-order valence-electron chi connectivity index (χ2n) is 5.37. The summed E-state index contributed by atoms with van der Waals surface area (Å²) in [4.78, 5) is 0. The SMILES string of the molecule is CC(C)C(C)CCC1C2CCC12. The van der Waals surface area contributed by atoms with Crippen LogP contribution >= 0.6 is 0 Å². The molecule has 0 spiro atoms. The van der Waals surface area contributed by atoms with Gasteiger partial charge in [0.05, 0.1) is 0 Å². The van der Waals surface area contributed by atoms with Crippen LogP contribution in [0.1, 0.15) is 46.5 Å². The normalized spacial score (nSPS) is 40.5. The largest absolute Gasteiger partial charge is 0.0625 e. The second kappa shape index (κ2) is 3.05. The summed E-state index contributed by atoms with van der Waals surface area (Å²) in [6.45, 7) is 7.12. The summed E-state index contributed by atoms with van der Waals surface area (Å²) in [6.07, 6.45) is 6.14. The van der Waals surface area contributed by atoms with Gasteiger partial charge in [0.2, 0.25) is 0 Å². The zero-order chi connectivity index (χ0) is 8.72. The Morgan fingerprint density at radius 3 is 2.08 bits per heavy atom. The van der Waals surface area contributed by atoms with Gasteiger partial charge in [-0.25, -0.2) is 0 Å². The third-order valence-electron chi connectivity index (χ3n) is 4.44. The first-order valence-electron chi connectivity index (χ1n) is 5.70. The standard InChI is InChI=1S/C12H22/c1-8(2)9(3)4-5-10-11-6-7-12(10)11/h8-12H,4-7H2,1-3H3. The Labute approximate surface area is 76.7 Å². The van der Waals surface area contributed by atoms with Crippen LogP contribution in [0, 0.1) is 29.6 Å². The number of rotatable bonds is 4. The second-order valence-corrected chi connectivity index (χ2v) is 5.37. The van der Waals surface area contributed by atoms with Gasteiger partial charge >= 0.3 is 0 Å². The van der Waals surface area contributed by atoms with E-state index in [1.165, 1.54) is 30.6 Å². The van der Waals surface area contributed by atoms with Crippen LogP contribution in [-0.2, 0) is 0 Å². The molecule has 0 radical (unpaired) electrons. The lowest BCUT2D eigenvalue weighted by Crippen LogP contribution is -2.03. The monoisotopic (exact) mass is 166 g/mol. The molecule has 0 aliphatic heterocycles. The summed E-state index contributed by atoms with van der Waals surface area (Å²) in [6, 6.07) is 0. The maximum absolute atomic E-state index is 2.41. The van der Waals surface area contributed by atoms with Gasteiger partial charge in [-0.1, -0.05) is 27.2 Å². The maximum atomic E-state index is 2.41. The highest BCUT2D eigenvalue weighted by atomic mass is 14.6. The predicted molar refractivity (Wildman–Crippen MR) is 52.9 cm³/mol. The van der Waals surface area contributed by atoms with Crippen LogP contribution in [0.25, 0.3) is 0 Å². The van der Waals surface area contributed by atoms with E-state index >= 15 is 0 Å². The van der Waals surface area contributed by atoms with Crippen LogP contribution in [0.5, 0.6) is 0 Å². The van der Waals surface area contributed by atoms with Crippen LogP contribution in [0.4, 0.5) is 0 Å². The van der Waals surface area contributed by atoms with Crippen molar-refractivity contribution in [2.45, 2.75) is 46.5 Å². The van der Waals surface area contributed by atoms with Crippen molar-refractivity contribution in [3.8, 4) is 0 Å². The van der Waals surface area contributed by atoms with Gasteiger partial charge in [0.25, 0.3) is 0 Å². The summed E-state index contributed by atoms with van der Waals surface area (Å²) in [7, 11) is 0. The van der Waals surface area contributed by atoms with Crippen molar-refractivity contribution in [2.24, 2.45) is 29.6 Å². The molecule has 0 heteroatoms. The minimum Gasteiger partial charge on any atom is -0.0625 e. The van der Waals surface area contributed by atoms with Gasteiger partial charge in [-0.3, -0.25) is 0 Å². The topological polar surface area (TPSA) is 0 Å². The quantitative estimate of drug-likeness (QED) is 0.597. The molecule has 2 aliphatic carbocycles. The van der Waals surface area contributed by atoms with E-state index in [9.17, 15) is 0 Å². The maximum Gasteiger partial charge on any atom is -0.0352 e. The molecule has 0 N–H and O–H groups in total. The van der Waals surface area contributed by atoms with E-state index in [1.807, 2.05) is 0 Å². The third-order valence-corrected chi connectivity index (χ3v) is 4.44. The summed E-state index contributed by atoms with van der Waals surface area (Å²) >= 11 is 0. The fourth-order valence-electron chi connectivity index (χ4n) is 2.72. The highest BCUT2D eigenvalue weighted by molar-refractivity contribution is 5.04. The lowest BCUT2D eigenvalue weighted by atomic mass is 9.92. The fraction of sp³-hybridized carbons (Fsp3) is 1.00. The molecule has 0 aromatic heterocycles. The molecule has 0 aromatic rings. The zero-order valence-corrected chi connectivity index (χ0v) is 8.72. The van der Waals surface area contributed by atoms with Gasteiger partial charge in [0.15, 0.2) is 0 Å². The van der Waals surface area contributed by atoms with Crippen molar-refractivity contribution in [1.29, 1.82) is 0 Å². The Bertz CT molecular complexity index is 145. The molecule has 0 aromatic carbocycles. The molecule has 0 amide bonds. The molecule has 0 nitrogen and oxygen atoms in total. The molecule has 3 unspecified atom stereocenters. The first-order valence-corrected chi connectivity index (χ1v) is 5.70. The van der Waals surface area contributed by atoms with Crippen molar-refractivity contribution >= 4 is 0 Å². The van der Waals surface area contributed by atoms with Crippen molar-refractivity contribution in [1.82, 2.24) is 0 Å². The molecular formula is C12H22. The van der Waals surface area contributed by atoms with E-state index in [-0.39, 0.29) is 0 Å². The van der Waals surface area contributed by atoms with E-state index in [4.69, 9.17) is 0 Å². The third kappa shape index (κ3) is 1.41. The van der Waals surface area contributed by atoms with Gasteiger partial charge in [-0.15, -0.1) is 0 Å².